The lowest BCUT2D eigenvalue weighted by atomic mass is 10.1. The third-order valence-corrected chi connectivity index (χ3v) is 6.15. The fraction of sp³-hybridized carbons (Fsp3) is 0.474. The number of hydrogen-bond acceptors (Lipinski definition) is 6. The van der Waals surface area contributed by atoms with Crippen LogP contribution in [0.15, 0.2) is 24.3 Å². The fourth-order valence-corrected chi connectivity index (χ4v) is 4.68. The highest BCUT2D eigenvalue weighted by atomic mass is 32.1. The molecule has 7 nitrogen and oxygen atoms in total. The van der Waals surface area contributed by atoms with Crippen molar-refractivity contribution in [1.29, 1.82) is 0 Å². The molecule has 0 spiro atoms. The Bertz CT molecular complexity index is 852. The highest BCUT2D eigenvalue weighted by molar-refractivity contribution is 7.19. The van der Waals surface area contributed by atoms with Gasteiger partial charge in [-0.25, -0.2) is 0 Å². The van der Waals surface area contributed by atoms with Gasteiger partial charge in [-0.1, -0.05) is 36.5 Å². The predicted molar refractivity (Wildman–Crippen MR) is 106 cm³/mol. The average Bonchev–Trinajstić information content (AvgIpc) is 3.41. The molecule has 4 rings (SSSR count). The molecule has 0 bridgehead atoms. The van der Waals surface area contributed by atoms with Gasteiger partial charge in [-0.3, -0.25) is 14.5 Å². The Morgan fingerprint density at radius 2 is 2.04 bits per heavy atom. The molecule has 3 heterocycles. The molecule has 1 atom stereocenters. The number of para-hydroxylation sites is 1. The Morgan fingerprint density at radius 3 is 2.81 bits per heavy atom. The van der Waals surface area contributed by atoms with E-state index in [0.717, 1.165) is 43.5 Å². The molecule has 27 heavy (non-hydrogen) atoms. The van der Waals surface area contributed by atoms with Crippen molar-refractivity contribution < 1.29 is 9.59 Å². The SMILES string of the molecule is CCc1ccccc1NC(=O)C1CCCN1c1nnc(N2CCCC2=O)s1. The number of carbonyl (C=O) groups is 2. The number of anilines is 3. The lowest BCUT2D eigenvalue weighted by molar-refractivity contribution is -0.117. The van der Waals surface area contributed by atoms with E-state index in [9.17, 15) is 9.59 Å². The first-order chi connectivity index (χ1) is 13.2. The van der Waals surface area contributed by atoms with Crippen LogP contribution in [0.4, 0.5) is 16.0 Å². The van der Waals surface area contributed by atoms with Gasteiger partial charge in [-0.2, -0.15) is 0 Å². The van der Waals surface area contributed by atoms with Crippen molar-refractivity contribution in [2.45, 2.75) is 45.1 Å². The summed E-state index contributed by atoms with van der Waals surface area (Å²) < 4.78 is 0. The van der Waals surface area contributed by atoms with E-state index >= 15 is 0 Å². The molecule has 2 fully saturated rings. The second-order valence-electron chi connectivity index (χ2n) is 6.87. The molecule has 2 aromatic rings. The summed E-state index contributed by atoms with van der Waals surface area (Å²) in [6.45, 7) is 3.55. The number of nitrogens with one attached hydrogen (secondary N) is 1. The van der Waals surface area contributed by atoms with E-state index in [1.54, 1.807) is 4.90 Å². The zero-order chi connectivity index (χ0) is 18.8. The Balaban J connectivity index is 1.50. The van der Waals surface area contributed by atoms with Gasteiger partial charge in [0.25, 0.3) is 0 Å². The zero-order valence-electron chi connectivity index (χ0n) is 15.4. The van der Waals surface area contributed by atoms with Gasteiger partial charge < -0.3 is 10.2 Å². The Kier molecular flexibility index (Phi) is 5.07. The fourth-order valence-electron chi connectivity index (χ4n) is 3.72. The standard InChI is InChI=1S/C19H23N5O2S/c1-2-13-7-3-4-8-14(13)20-17(26)15-9-5-11-23(15)18-21-22-19(27-18)24-12-6-10-16(24)25/h3-4,7-8,15H,2,5-6,9-12H2,1H3,(H,20,26). The number of carbonyl (C=O) groups excluding carboxylic acids is 2. The van der Waals surface area contributed by atoms with Crippen LogP contribution >= 0.6 is 11.3 Å². The van der Waals surface area contributed by atoms with E-state index in [-0.39, 0.29) is 17.9 Å². The minimum Gasteiger partial charge on any atom is -0.335 e. The number of hydrogen-bond donors (Lipinski definition) is 1. The Hall–Kier alpha value is -2.48. The minimum absolute atomic E-state index is 0.0117. The molecule has 1 aromatic carbocycles. The van der Waals surface area contributed by atoms with Crippen LogP contribution in [0, 0.1) is 0 Å². The number of nitrogens with zero attached hydrogens (tertiary/aromatic N) is 4. The van der Waals surface area contributed by atoms with Gasteiger partial charge in [-0.05, 0) is 37.3 Å². The molecule has 1 aromatic heterocycles. The van der Waals surface area contributed by atoms with E-state index in [4.69, 9.17) is 0 Å². The summed E-state index contributed by atoms with van der Waals surface area (Å²) in [7, 11) is 0. The zero-order valence-corrected chi connectivity index (χ0v) is 16.2. The maximum absolute atomic E-state index is 12.9. The Labute approximate surface area is 162 Å². The predicted octanol–water partition coefficient (Wildman–Crippen LogP) is 2.83. The summed E-state index contributed by atoms with van der Waals surface area (Å²) in [5.74, 6) is 0.0898. The monoisotopic (exact) mass is 385 g/mol. The first-order valence-corrected chi connectivity index (χ1v) is 10.3. The van der Waals surface area contributed by atoms with Crippen molar-refractivity contribution in [3.63, 3.8) is 0 Å². The molecule has 0 radical (unpaired) electrons. The quantitative estimate of drug-likeness (QED) is 0.856. The number of amides is 2. The van der Waals surface area contributed by atoms with Crippen LogP contribution in [0.25, 0.3) is 0 Å². The van der Waals surface area contributed by atoms with Crippen molar-refractivity contribution in [2.75, 3.05) is 28.2 Å². The molecule has 8 heteroatoms. The molecule has 2 saturated heterocycles. The van der Waals surface area contributed by atoms with Gasteiger partial charge >= 0.3 is 0 Å². The van der Waals surface area contributed by atoms with Crippen LogP contribution in [0.5, 0.6) is 0 Å². The summed E-state index contributed by atoms with van der Waals surface area (Å²) in [5.41, 5.74) is 2.00. The number of rotatable bonds is 5. The normalized spacial score (nSPS) is 19.7. The lowest BCUT2D eigenvalue weighted by Crippen LogP contribution is -2.39. The maximum atomic E-state index is 12.9. The summed E-state index contributed by atoms with van der Waals surface area (Å²) >= 11 is 1.40. The van der Waals surface area contributed by atoms with E-state index in [0.29, 0.717) is 23.2 Å². The molecule has 2 aliphatic rings. The first-order valence-electron chi connectivity index (χ1n) is 9.46. The van der Waals surface area contributed by atoms with Crippen molar-refractivity contribution in [2.24, 2.45) is 0 Å². The smallest absolute Gasteiger partial charge is 0.247 e. The molecule has 2 amide bonds. The average molecular weight is 385 g/mol. The highest BCUT2D eigenvalue weighted by Gasteiger charge is 2.34. The van der Waals surface area contributed by atoms with Crippen LogP contribution in [-0.4, -0.2) is 41.1 Å². The van der Waals surface area contributed by atoms with Gasteiger partial charge in [0.05, 0.1) is 0 Å². The van der Waals surface area contributed by atoms with Gasteiger partial charge in [0.1, 0.15) is 6.04 Å². The number of aromatic nitrogens is 2. The van der Waals surface area contributed by atoms with E-state index in [1.165, 1.54) is 11.3 Å². The maximum Gasteiger partial charge on any atom is 0.247 e. The van der Waals surface area contributed by atoms with E-state index in [2.05, 4.69) is 22.4 Å². The summed E-state index contributed by atoms with van der Waals surface area (Å²) in [6, 6.07) is 7.64. The highest BCUT2D eigenvalue weighted by Crippen LogP contribution is 2.34. The molecule has 142 valence electrons. The first kappa shape index (κ1) is 17.9. The third kappa shape index (κ3) is 3.53. The lowest BCUT2D eigenvalue weighted by Gasteiger charge is -2.23. The van der Waals surface area contributed by atoms with Gasteiger partial charge in [0.2, 0.25) is 22.1 Å². The Morgan fingerprint density at radius 1 is 1.22 bits per heavy atom. The van der Waals surface area contributed by atoms with Crippen molar-refractivity contribution in [3.05, 3.63) is 29.8 Å². The number of benzene rings is 1. The summed E-state index contributed by atoms with van der Waals surface area (Å²) in [6.07, 6.45) is 4.02. The van der Waals surface area contributed by atoms with Gasteiger partial charge in [0, 0.05) is 25.2 Å². The topological polar surface area (TPSA) is 78.4 Å². The van der Waals surface area contributed by atoms with Crippen LogP contribution < -0.4 is 15.1 Å². The van der Waals surface area contributed by atoms with E-state index in [1.807, 2.05) is 29.2 Å². The second-order valence-corrected chi connectivity index (χ2v) is 7.80. The van der Waals surface area contributed by atoms with Crippen LogP contribution in [-0.2, 0) is 16.0 Å². The van der Waals surface area contributed by atoms with Crippen molar-refractivity contribution in [1.82, 2.24) is 10.2 Å². The second kappa shape index (κ2) is 7.64. The van der Waals surface area contributed by atoms with Crippen LogP contribution in [0.1, 0.15) is 38.2 Å². The molecule has 0 saturated carbocycles. The van der Waals surface area contributed by atoms with Crippen molar-refractivity contribution >= 4 is 39.1 Å². The largest absolute Gasteiger partial charge is 0.335 e. The molecule has 1 N–H and O–H groups in total. The molecular formula is C19H23N5O2S. The van der Waals surface area contributed by atoms with E-state index < -0.39 is 0 Å². The molecule has 1 unspecified atom stereocenters. The summed E-state index contributed by atoms with van der Waals surface area (Å²) in [4.78, 5) is 28.6. The van der Waals surface area contributed by atoms with Crippen molar-refractivity contribution in [3.8, 4) is 0 Å². The molecule has 2 aliphatic heterocycles. The van der Waals surface area contributed by atoms with Crippen LogP contribution in [0.2, 0.25) is 0 Å². The number of aryl methyl sites for hydroxylation is 1. The van der Waals surface area contributed by atoms with Crippen LogP contribution in [0.3, 0.4) is 0 Å². The third-order valence-electron chi connectivity index (χ3n) is 5.17. The summed E-state index contributed by atoms with van der Waals surface area (Å²) in [5, 5.41) is 12.9. The molecular weight excluding hydrogens is 362 g/mol. The minimum atomic E-state index is -0.259. The molecule has 0 aliphatic carbocycles. The van der Waals surface area contributed by atoms with Gasteiger partial charge in [-0.15, -0.1) is 10.2 Å². The van der Waals surface area contributed by atoms with Gasteiger partial charge in [0.15, 0.2) is 0 Å².